The molecular formula is C21H37NO9. The van der Waals surface area contributed by atoms with Crippen molar-refractivity contribution in [1.82, 2.24) is 5.32 Å². The first kappa shape index (κ1) is 27.5. The van der Waals surface area contributed by atoms with E-state index in [0.717, 1.165) is 0 Å². The van der Waals surface area contributed by atoms with Gasteiger partial charge in [-0.3, -0.25) is 4.79 Å². The molecule has 0 radical (unpaired) electrons. The second-order valence-corrected chi connectivity index (χ2v) is 7.64. The monoisotopic (exact) mass is 447 g/mol. The topological polar surface area (TPSA) is 111 Å². The molecule has 0 aromatic heterocycles. The maximum absolute atomic E-state index is 12.4. The van der Waals surface area contributed by atoms with Crippen LogP contribution >= 0.6 is 0 Å². The molecule has 1 aliphatic rings. The van der Waals surface area contributed by atoms with Gasteiger partial charge in [-0.15, -0.1) is 0 Å². The number of alkyl carbamates (subject to hydrolysis) is 1. The van der Waals surface area contributed by atoms with Gasteiger partial charge in [0.05, 0.1) is 6.04 Å². The fourth-order valence-corrected chi connectivity index (χ4v) is 2.83. The van der Waals surface area contributed by atoms with E-state index in [9.17, 15) is 9.59 Å². The number of hydrogen-bond acceptors (Lipinski definition) is 9. The summed E-state index contributed by atoms with van der Waals surface area (Å²) in [5.41, 5.74) is -0.399. The molecule has 0 spiro atoms. The Balaban J connectivity index is 3.17. The Morgan fingerprint density at radius 3 is 1.94 bits per heavy atom. The number of carbonyl (C=O) groups excluding carboxylic acids is 2. The van der Waals surface area contributed by atoms with Crippen molar-refractivity contribution in [1.29, 1.82) is 0 Å². The summed E-state index contributed by atoms with van der Waals surface area (Å²) in [4.78, 5) is 24.2. The Kier molecular flexibility index (Phi) is 12.8. The maximum Gasteiger partial charge on any atom is 0.408 e. The smallest absolute Gasteiger partial charge is 0.408 e. The van der Waals surface area contributed by atoms with Crippen molar-refractivity contribution >= 4 is 12.4 Å². The van der Waals surface area contributed by atoms with Crippen molar-refractivity contribution < 1.29 is 42.7 Å². The molecule has 1 N–H and O–H groups in total. The molecule has 0 aromatic carbocycles. The van der Waals surface area contributed by atoms with Gasteiger partial charge in [0, 0.05) is 25.4 Å². The van der Waals surface area contributed by atoms with Crippen molar-refractivity contribution in [2.45, 2.75) is 71.5 Å². The van der Waals surface area contributed by atoms with Crippen LogP contribution in [0.5, 0.6) is 0 Å². The van der Waals surface area contributed by atoms with E-state index in [0.29, 0.717) is 31.7 Å². The summed E-state index contributed by atoms with van der Waals surface area (Å²) < 4.78 is 38.8. The highest BCUT2D eigenvalue weighted by atomic mass is 16.7. The van der Waals surface area contributed by atoms with Crippen LogP contribution in [0.4, 0.5) is 4.79 Å². The van der Waals surface area contributed by atoms with Gasteiger partial charge in [0.25, 0.3) is 0 Å². The first-order chi connectivity index (χ1) is 14.8. The van der Waals surface area contributed by atoms with Crippen molar-refractivity contribution in [3.8, 4) is 0 Å². The number of amides is 1. The summed E-state index contributed by atoms with van der Waals surface area (Å²) in [6.07, 6.45) is -0.720. The van der Waals surface area contributed by atoms with Crippen LogP contribution in [-0.4, -0.2) is 82.5 Å². The van der Waals surface area contributed by atoms with E-state index in [4.69, 9.17) is 33.2 Å². The van der Waals surface area contributed by atoms with Crippen molar-refractivity contribution in [2.24, 2.45) is 0 Å². The zero-order valence-electron chi connectivity index (χ0n) is 19.4. The Labute approximate surface area is 184 Å². The lowest BCUT2D eigenvalue weighted by molar-refractivity contribution is -0.213. The number of hydrogen-bond donors (Lipinski definition) is 1. The summed E-state index contributed by atoms with van der Waals surface area (Å²) in [6, 6.07) is -0.728. The third-order valence-electron chi connectivity index (χ3n) is 4.13. The van der Waals surface area contributed by atoms with Gasteiger partial charge < -0.3 is 38.5 Å². The van der Waals surface area contributed by atoms with Gasteiger partial charge in [-0.1, -0.05) is 6.08 Å². The molecule has 1 amide bonds. The summed E-state index contributed by atoms with van der Waals surface area (Å²) in [6.45, 7) is 12.0. The molecule has 0 saturated heterocycles. The van der Waals surface area contributed by atoms with Gasteiger partial charge in [0.15, 0.2) is 0 Å². The van der Waals surface area contributed by atoms with Gasteiger partial charge >= 0.3 is 6.09 Å². The van der Waals surface area contributed by atoms with E-state index in [-0.39, 0.29) is 20.4 Å². The highest BCUT2D eigenvalue weighted by Crippen LogP contribution is 2.27. The Morgan fingerprint density at radius 1 is 0.935 bits per heavy atom. The second-order valence-electron chi connectivity index (χ2n) is 7.64. The van der Waals surface area contributed by atoms with Gasteiger partial charge in [-0.25, -0.2) is 4.79 Å². The van der Waals surface area contributed by atoms with Crippen LogP contribution in [0, 0.1) is 0 Å². The minimum atomic E-state index is -0.784. The molecule has 31 heavy (non-hydrogen) atoms. The zero-order chi connectivity index (χ0) is 23.3. The van der Waals surface area contributed by atoms with Crippen LogP contribution in [0.25, 0.3) is 0 Å². The van der Waals surface area contributed by atoms with E-state index < -0.39 is 36.0 Å². The molecule has 0 bridgehead atoms. The predicted octanol–water partition coefficient (Wildman–Crippen LogP) is 2.16. The normalized spacial score (nSPS) is 23.9. The lowest BCUT2D eigenvalue weighted by atomic mass is 9.88. The third kappa shape index (κ3) is 10.1. The zero-order valence-corrected chi connectivity index (χ0v) is 19.4. The number of ether oxygens (including phenoxy) is 7. The largest absolute Gasteiger partial charge is 0.444 e. The molecule has 1 rings (SSSR count). The summed E-state index contributed by atoms with van der Waals surface area (Å²) in [5.74, 6) is 0. The summed E-state index contributed by atoms with van der Waals surface area (Å²) >= 11 is 0. The molecule has 0 aliphatic heterocycles. The fourth-order valence-electron chi connectivity index (χ4n) is 2.83. The minimum Gasteiger partial charge on any atom is -0.444 e. The summed E-state index contributed by atoms with van der Waals surface area (Å²) in [5, 5.41) is 2.74. The minimum absolute atomic E-state index is 0.0371. The predicted molar refractivity (Wildman–Crippen MR) is 111 cm³/mol. The third-order valence-corrected chi connectivity index (χ3v) is 4.13. The highest BCUT2D eigenvalue weighted by molar-refractivity contribution is 5.77. The molecule has 0 unspecified atom stereocenters. The average Bonchev–Trinajstić information content (AvgIpc) is 2.69. The number of aldehydes is 1. The van der Waals surface area contributed by atoms with Crippen LogP contribution in [-0.2, 0) is 38.0 Å². The Morgan fingerprint density at radius 2 is 1.45 bits per heavy atom. The van der Waals surface area contributed by atoms with E-state index in [1.807, 2.05) is 20.8 Å². The first-order valence-corrected chi connectivity index (χ1v) is 10.5. The van der Waals surface area contributed by atoms with Crippen molar-refractivity contribution in [3.63, 3.8) is 0 Å². The lowest BCUT2D eigenvalue weighted by Crippen LogP contribution is -2.58. The Bertz CT molecular complexity index is 562. The average molecular weight is 448 g/mol. The maximum atomic E-state index is 12.4. The molecule has 1 aliphatic carbocycles. The van der Waals surface area contributed by atoms with Crippen LogP contribution in [0.15, 0.2) is 11.6 Å². The molecule has 10 heteroatoms. The SMILES string of the molecule is CCOCO[C@@H]1[C@@H](OCOCC)[C@H](OCOCC)C(C=O)=C[C@@H]1NC(=O)OC(C)(C)C. The van der Waals surface area contributed by atoms with Crippen molar-refractivity contribution in [3.05, 3.63) is 11.6 Å². The van der Waals surface area contributed by atoms with Crippen molar-refractivity contribution in [2.75, 3.05) is 40.2 Å². The quantitative estimate of drug-likeness (QED) is 0.243. The van der Waals surface area contributed by atoms with Crippen LogP contribution in [0.3, 0.4) is 0 Å². The highest BCUT2D eigenvalue weighted by Gasteiger charge is 2.44. The van der Waals surface area contributed by atoms with Crippen LogP contribution in [0.2, 0.25) is 0 Å². The number of carbonyl (C=O) groups is 2. The first-order valence-electron chi connectivity index (χ1n) is 10.5. The van der Waals surface area contributed by atoms with E-state index in [1.54, 1.807) is 26.8 Å². The second kappa shape index (κ2) is 14.5. The molecule has 4 atom stereocenters. The summed E-state index contributed by atoms with van der Waals surface area (Å²) in [7, 11) is 0. The molecule has 0 aromatic rings. The lowest BCUT2D eigenvalue weighted by Gasteiger charge is -2.40. The molecule has 0 saturated carbocycles. The van der Waals surface area contributed by atoms with E-state index in [2.05, 4.69) is 5.32 Å². The molecular weight excluding hydrogens is 410 g/mol. The molecule has 0 heterocycles. The van der Waals surface area contributed by atoms with Crippen LogP contribution in [0.1, 0.15) is 41.5 Å². The van der Waals surface area contributed by atoms with Crippen LogP contribution < -0.4 is 5.32 Å². The van der Waals surface area contributed by atoms with E-state index in [1.165, 1.54) is 0 Å². The number of nitrogens with one attached hydrogen (secondary N) is 1. The standard InChI is InChI=1S/C21H37NO9/c1-7-25-12-28-17-15(11-23)10-16(22-20(24)31-21(4,5)6)18(29-13-26-8-2)19(17)30-14-27-9-3/h10-11,16-19H,7-9,12-14H2,1-6H3,(H,22,24)/t16-,17+,18-,19-/m0/s1. The molecule has 0 fully saturated rings. The van der Waals surface area contributed by atoms with Gasteiger partial charge in [-0.2, -0.15) is 0 Å². The number of rotatable bonds is 14. The van der Waals surface area contributed by atoms with Gasteiger partial charge in [0.1, 0.15) is 50.6 Å². The Hall–Kier alpha value is -1.56. The van der Waals surface area contributed by atoms with Gasteiger partial charge in [-0.05, 0) is 41.5 Å². The van der Waals surface area contributed by atoms with E-state index >= 15 is 0 Å². The molecule has 180 valence electrons. The molecule has 10 nitrogen and oxygen atoms in total. The van der Waals surface area contributed by atoms with Gasteiger partial charge in [0.2, 0.25) is 0 Å². The fraction of sp³-hybridized carbons (Fsp3) is 0.810.